The average Bonchev–Trinajstić information content (AvgIpc) is 2.78. The van der Waals surface area contributed by atoms with Gasteiger partial charge in [-0.05, 0) is 67.1 Å². The maximum Gasteiger partial charge on any atom is 0.201 e. The van der Waals surface area contributed by atoms with E-state index in [0.717, 1.165) is 32.1 Å². The van der Waals surface area contributed by atoms with Gasteiger partial charge >= 0.3 is 0 Å². The van der Waals surface area contributed by atoms with Gasteiger partial charge in [-0.15, -0.1) is 0 Å². The minimum atomic E-state index is -0.470. The molecule has 4 aliphatic rings. The van der Waals surface area contributed by atoms with Crippen LogP contribution < -0.4 is 0 Å². The normalized spacial score (nSPS) is 56.0. The lowest BCUT2D eigenvalue weighted by Gasteiger charge is -2.60. The molecule has 4 fully saturated rings. The molecule has 4 saturated carbocycles. The average molecular weight is 320 g/mol. The second-order valence-electron chi connectivity index (χ2n) is 9.09. The van der Waals surface area contributed by atoms with E-state index in [9.17, 15) is 19.8 Å². The summed E-state index contributed by atoms with van der Waals surface area (Å²) in [6.45, 7) is 4.27. The number of carbonyl (C=O) groups excluding carboxylic acids is 2. The summed E-state index contributed by atoms with van der Waals surface area (Å²) in [6, 6.07) is 0. The van der Waals surface area contributed by atoms with E-state index in [2.05, 4.69) is 13.8 Å². The Bertz CT molecular complexity index is 558. The van der Waals surface area contributed by atoms with Crippen molar-refractivity contribution in [3.63, 3.8) is 0 Å². The summed E-state index contributed by atoms with van der Waals surface area (Å²) in [5, 5.41) is 21.4. The Balaban J connectivity index is 1.72. The molecule has 0 spiro atoms. The van der Waals surface area contributed by atoms with E-state index >= 15 is 0 Å². The smallest absolute Gasteiger partial charge is 0.201 e. The van der Waals surface area contributed by atoms with Gasteiger partial charge in [0.2, 0.25) is 5.78 Å². The van der Waals surface area contributed by atoms with Crippen LogP contribution in [0.15, 0.2) is 0 Å². The van der Waals surface area contributed by atoms with Crippen LogP contribution in [0.1, 0.15) is 58.8 Å². The lowest BCUT2D eigenvalue weighted by Crippen LogP contribution is -2.61. The molecule has 1 unspecified atom stereocenters. The highest BCUT2D eigenvalue weighted by molar-refractivity contribution is 6.38. The molecule has 0 aromatic rings. The second kappa shape index (κ2) is 4.89. The van der Waals surface area contributed by atoms with Crippen LogP contribution in [0.25, 0.3) is 0 Å². The Labute approximate surface area is 137 Å². The molecule has 0 radical (unpaired) electrons. The van der Waals surface area contributed by atoms with Gasteiger partial charge in [-0.3, -0.25) is 9.59 Å². The number of aliphatic hydroxyl groups excluding tert-OH is 2. The van der Waals surface area contributed by atoms with E-state index in [1.54, 1.807) is 0 Å². The monoisotopic (exact) mass is 320 g/mol. The minimum Gasteiger partial charge on any atom is -0.393 e. The van der Waals surface area contributed by atoms with Crippen LogP contribution in [0, 0.1) is 34.5 Å². The number of fused-ring (bicyclic) bond motifs is 5. The fourth-order valence-electron chi connectivity index (χ4n) is 7.05. The van der Waals surface area contributed by atoms with E-state index in [0.29, 0.717) is 24.7 Å². The van der Waals surface area contributed by atoms with Crippen LogP contribution in [0.3, 0.4) is 0 Å². The summed E-state index contributed by atoms with van der Waals surface area (Å²) in [7, 11) is 0. The van der Waals surface area contributed by atoms with Gasteiger partial charge in [-0.2, -0.15) is 0 Å². The van der Waals surface area contributed by atoms with Gasteiger partial charge in [-0.25, -0.2) is 0 Å². The second-order valence-corrected chi connectivity index (χ2v) is 9.09. The van der Waals surface area contributed by atoms with Gasteiger partial charge in [-0.1, -0.05) is 13.8 Å². The predicted octanol–water partition coefficient (Wildman–Crippen LogP) is 2.11. The third-order valence-electron chi connectivity index (χ3n) is 8.23. The van der Waals surface area contributed by atoms with Crippen molar-refractivity contribution < 1.29 is 19.8 Å². The van der Waals surface area contributed by atoms with Crippen molar-refractivity contribution >= 4 is 11.6 Å². The van der Waals surface area contributed by atoms with E-state index in [4.69, 9.17) is 0 Å². The highest BCUT2D eigenvalue weighted by Crippen LogP contribution is 2.65. The first-order valence-corrected chi connectivity index (χ1v) is 9.22. The highest BCUT2D eigenvalue weighted by atomic mass is 16.3. The Hall–Kier alpha value is -0.740. The van der Waals surface area contributed by atoms with Crippen molar-refractivity contribution in [1.29, 1.82) is 0 Å². The van der Waals surface area contributed by atoms with Crippen LogP contribution in [0.4, 0.5) is 0 Å². The fraction of sp³-hybridized carbons (Fsp3) is 0.895. The molecule has 0 aromatic carbocycles. The topological polar surface area (TPSA) is 74.6 Å². The molecule has 0 saturated heterocycles. The van der Waals surface area contributed by atoms with E-state index in [-0.39, 0.29) is 40.3 Å². The molecule has 0 amide bonds. The molecule has 4 heteroatoms. The van der Waals surface area contributed by atoms with Gasteiger partial charge in [0.25, 0.3) is 0 Å². The summed E-state index contributed by atoms with van der Waals surface area (Å²) < 4.78 is 0. The SMILES string of the molecule is C[C@]12C[C@@H](O)[C@H]3[C@@H](CCC4C(=O)C(=O)CC[C@@]43C)[C@@H]1CC[C@@H]2O. The number of Topliss-reactive ketones (excluding diaryl/α,β-unsaturated/α-hetero) is 2. The summed E-state index contributed by atoms with van der Waals surface area (Å²) >= 11 is 0. The van der Waals surface area contributed by atoms with Gasteiger partial charge in [0.1, 0.15) is 0 Å². The summed E-state index contributed by atoms with van der Waals surface area (Å²) in [6.07, 6.45) is 4.45. The molecule has 0 aliphatic heterocycles. The lowest BCUT2D eigenvalue weighted by molar-refractivity contribution is -0.181. The highest BCUT2D eigenvalue weighted by Gasteiger charge is 2.64. The van der Waals surface area contributed by atoms with Crippen molar-refractivity contribution in [2.75, 3.05) is 0 Å². The van der Waals surface area contributed by atoms with E-state index in [1.807, 2.05) is 0 Å². The number of carbonyl (C=O) groups is 2. The van der Waals surface area contributed by atoms with Crippen molar-refractivity contribution in [2.45, 2.75) is 71.0 Å². The van der Waals surface area contributed by atoms with Crippen molar-refractivity contribution in [2.24, 2.45) is 34.5 Å². The van der Waals surface area contributed by atoms with Crippen molar-refractivity contribution in [3.8, 4) is 0 Å². The maximum absolute atomic E-state index is 12.4. The number of hydrogen-bond acceptors (Lipinski definition) is 4. The first-order chi connectivity index (χ1) is 10.8. The Kier molecular flexibility index (Phi) is 3.35. The quantitative estimate of drug-likeness (QED) is 0.670. The fourth-order valence-corrected chi connectivity index (χ4v) is 7.05. The Morgan fingerprint density at radius 2 is 1.74 bits per heavy atom. The molecule has 8 atom stereocenters. The van der Waals surface area contributed by atoms with Gasteiger partial charge in [0.15, 0.2) is 5.78 Å². The lowest BCUT2D eigenvalue weighted by atomic mass is 9.44. The molecule has 0 heterocycles. The van der Waals surface area contributed by atoms with Crippen molar-refractivity contribution in [3.05, 3.63) is 0 Å². The Morgan fingerprint density at radius 3 is 2.48 bits per heavy atom. The zero-order valence-electron chi connectivity index (χ0n) is 14.1. The summed E-state index contributed by atoms with van der Waals surface area (Å²) in [4.78, 5) is 24.3. The summed E-state index contributed by atoms with van der Waals surface area (Å²) in [5.74, 6) is 0.318. The largest absolute Gasteiger partial charge is 0.393 e. The predicted molar refractivity (Wildman–Crippen MR) is 84.5 cm³/mol. The van der Waals surface area contributed by atoms with Gasteiger partial charge in [0, 0.05) is 12.3 Å². The molecule has 4 nitrogen and oxygen atoms in total. The molecule has 4 rings (SSSR count). The standard InChI is InChI=1S/C19H28O4/c1-18-8-7-13(20)17(23)12(18)4-3-10-11-5-6-15(22)19(11,2)9-14(21)16(10)18/h10-12,14-16,21-22H,3-9H2,1-2H3/t10-,11-,12?,14+,15-,16+,18-,19-/m0/s1. The van der Waals surface area contributed by atoms with Crippen LogP contribution in [0.5, 0.6) is 0 Å². The molecule has 4 aliphatic carbocycles. The third kappa shape index (κ3) is 1.91. The molecular weight excluding hydrogens is 292 g/mol. The molecule has 23 heavy (non-hydrogen) atoms. The first-order valence-electron chi connectivity index (χ1n) is 9.22. The number of ketones is 2. The zero-order chi connectivity index (χ0) is 16.6. The van der Waals surface area contributed by atoms with E-state index in [1.165, 1.54) is 0 Å². The van der Waals surface area contributed by atoms with Crippen LogP contribution >= 0.6 is 0 Å². The molecule has 2 N–H and O–H groups in total. The van der Waals surface area contributed by atoms with E-state index < -0.39 is 6.10 Å². The van der Waals surface area contributed by atoms with Crippen molar-refractivity contribution in [1.82, 2.24) is 0 Å². The number of aliphatic hydroxyl groups is 2. The van der Waals surface area contributed by atoms with Gasteiger partial charge < -0.3 is 10.2 Å². The molecular formula is C19H28O4. The zero-order valence-corrected chi connectivity index (χ0v) is 14.1. The third-order valence-corrected chi connectivity index (χ3v) is 8.23. The molecule has 128 valence electrons. The number of rotatable bonds is 0. The number of hydrogen-bond donors (Lipinski definition) is 2. The van der Waals surface area contributed by atoms with Crippen LogP contribution in [0.2, 0.25) is 0 Å². The van der Waals surface area contributed by atoms with Gasteiger partial charge in [0.05, 0.1) is 12.2 Å². The molecule has 0 aromatic heterocycles. The first kappa shape index (κ1) is 15.8. The minimum absolute atomic E-state index is 0.0988. The summed E-state index contributed by atoms with van der Waals surface area (Å²) in [5.41, 5.74) is -0.430. The molecule has 0 bridgehead atoms. The Morgan fingerprint density at radius 1 is 1.00 bits per heavy atom. The van der Waals surface area contributed by atoms with Crippen LogP contribution in [-0.2, 0) is 9.59 Å². The van der Waals surface area contributed by atoms with Crippen LogP contribution in [-0.4, -0.2) is 34.0 Å². The maximum atomic E-state index is 12.4.